The number of anilines is 1. The molecule has 23 heavy (non-hydrogen) atoms. The molecule has 0 N–H and O–H groups in total. The lowest BCUT2D eigenvalue weighted by Gasteiger charge is -2.26. The summed E-state index contributed by atoms with van der Waals surface area (Å²) in [5, 5.41) is 0.571. The molecule has 0 radical (unpaired) electrons. The van der Waals surface area contributed by atoms with Crippen molar-refractivity contribution >= 4 is 38.4 Å². The van der Waals surface area contributed by atoms with Crippen molar-refractivity contribution in [1.82, 2.24) is 0 Å². The van der Waals surface area contributed by atoms with Crippen LogP contribution in [0.15, 0.2) is 29.3 Å². The number of hydrogen-bond acceptors (Lipinski definition) is 4. The van der Waals surface area contributed by atoms with Crippen molar-refractivity contribution in [2.24, 2.45) is 10.9 Å². The Morgan fingerprint density at radius 2 is 2.00 bits per heavy atom. The third kappa shape index (κ3) is 3.17. The molecule has 2 heterocycles. The molecule has 0 aromatic heterocycles. The van der Waals surface area contributed by atoms with Gasteiger partial charge >= 0.3 is 0 Å². The van der Waals surface area contributed by atoms with Crippen molar-refractivity contribution < 1.29 is 13.2 Å². The molecular formula is C16H20N2O3S2. The fraction of sp³-hybridized carbons (Fsp3) is 0.500. The number of benzene rings is 1. The summed E-state index contributed by atoms with van der Waals surface area (Å²) >= 11 is 1.42. The molecule has 0 aliphatic carbocycles. The Hall–Kier alpha value is -1.34. The third-order valence-electron chi connectivity index (χ3n) is 4.14. The van der Waals surface area contributed by atoms with E-state index in [0.29, 0.717) is 5.17 Å². The molecular weight excluding hydrogens is 332 g/mol. The number of nitrogens with zero attached hydrogens (tertiary/aromatic N) is 2. The van der Waals surface area contributed by atoms with Crippen molar-refractivity contribution in [2.45, 2.75) is 32.1 Å². The largest absolute Gasteiger partial charge is 0.315 e. The maximum absolute atomic E-state index is 12.1. The van der Waals surface area contributed by atoms with E-state index in [0.717, 1.165) is 11.3 Å². The summed E-state index contributed by atoms with van der Waals surface area (Å²) in [6.45, 7) is 5.61. The molecule has 7 heteroatoms. The lowest BCUT2D eigenvalue weighted by atomic mass is 10.1. The molecule has 1 amide bonds. The minimum Gasteiger partial charge on any atom is -0.315 e. The van der Waals surface area contributed by atoms with Gasteiger partial charge < -0.3 is 4.90 Å². The highest BCUT2D eigenvalue weighted by Crippen LogP contribution is 2.41. The molecule has 2 fully saturated rings. The number of aryl methyl sites for hydroxylation is 1. The van der Waals surface area contributed by atoms with E-state index in [4.69, 9.17) is 0 Å². The highest BCUT2D eigenvalue weighted by molar-refractivity contribution is 8.16. The number of carbonyl (C=O) groups is 1. The second-order valence-electron chi connectivity index (χ2n) is 6.34. The van der Waals surface area contributed by atoms with Crippen LogP contribution in [0.2, 0.25) is 0 Å². The predicted octanol–water partition coefficient (Wildman–Crippen LogP) is 2.25. The van der Waals surface area contributed by atoms with Crippen LogP contribution in [0.1, 0.15) is 19.4 Å². The number of sulfone groups is 1. The Morgan fingerprint density at radius 3 is 2.65 bits per heavy atom. The lowest BCUT2D eigenvalue weighted by molar-refractivity contribution is -0.120. The first kappa shape index (κ1) is 16.5. The zero-order chi connectivity index (χ0) is 16.8. The van der Waals surface area contributed by atoms with Gasteiger partial charge in [0.05, 0.1) is 17.5 Å². The Labute approximate surface area is 141 Å². The van der Waals surface area contributed by atoms with Gasteiger partial charge in [-0.25, -0.2) is 8.42 Å². The van der Waals surface area contributed by atoms with E-state index in [1.807, 2.05) is 49.9 Å². The molecule has 1 aromatic carbocycles. The second kappa shape index (κ2) is 5.94. The number of aliphatic imine (C=N–C) groups is 1. The predicted molar refractivity (Wildman–Crippen MR) is 94.8 cm³/mol. The summed E-state index contributed by atoms with van der Waals surface area (Å²) in [7, 11) is -3.03. The fourth-order valence-electron chi connectivity index (χ4n) is 2.90. The van der Waals surface area contributed by atoms with Crippen LogP contribution in [0, 0.1) is 12.8 Å². The Morgan fingerprint density at radius 1 is 1.30 bits per heavy atom. The van der Waals surface area contributed by atoms with E-state index < -0.39 is 9.84 Å². The SMILES string of the molecule is Cc1ccccc1N1C(=NC(=O)C(C)C)S[C@H]2CS(=O)(=O)C[C@@H]21. The highest BCUT2D eigenvalue weighted by atomic mass is 32.2. The van der Waals surface area contributed by atoms with E-state index in [-0.39, 0.29) is 34.6 Å². The van der Waals surface area contributed by atoms with E-state index >= 15 is 0 Å². The summed E-state index contributed by atoms with van der Waals surface area (Å²) in [5.74, 6) is -0.0760. The number of carbonyl (C=O) groups excluding carboxylic acids is 1. The number of hydrogen-bond donors (Lipinski definition) is 0. The summed E-state index contributed by atoms with van der Waals surface area (Å²) in [5.41, 5.74) is 1.97. The number of thioether (sulfide) groups is 1. The second-order valence-corrected chi connectivity index (χ2v) is 9.70. The Balaban J connectivity index is 2.05. The zero-order valence-corrected chi connectivity index (χ0v) is 15.0. The molecule has 124 valence electrons. The zero-order valence-electron chi connectivity index (χ0n) is 13.4. The smallest absolute Gasteiger partial charge is 0.250 e. The van der Waals surface area contributed by atoms with Crippen LogP contribution in [-0.4, -0.2) is 42.3 Å². The van der Waals surface area contributed by atoms with Crippen LogP contribution in [-0.2, 0) is 14.6 Å². The van der Waals surface area contributed by atoms with Gasteiger partial charge in [-0.3, -0.25) is 4.79 Å². The topological polar surface area (TPSA) is 66.8 Å². The van der Waals surface area contributed by atoms with Gasteiger partial charge in [0, 0.05) is 16.9 Å². The lowest BCUT2D eigenvalue weighted by Crippen LogP contribution is -2.38. The number of amides is 1. The van der Waals surface area contributed by atoms with E-state index in [1.165, 1.54) is 11.8 Å². The summed E-state index contributed by atoms with van der Waals surface area (Å²) in [4.78, 5) is 18.3. The number of para-hydroxylation sites is 1. The van der Waals surface area contributed by atoms with Crippen LogP contribution in [0.5, 0.6) is 0 Å². The molecule has 0 bridgehead atoms. The standard InChI is InChI=1S/C16H20N2O3S2/c1-10(2)15(19)17-16-18(12-7-5-4-6-11(12)3)13-8-23(20,21)9-14(13)22-16/h4-7,10,13-14H,8-9H2,1-3H3/t13-,14-/m0/s1. The normalized spacial score (nSPS) is 27.7. The minimum absolute atomic E-state index is 0.0571. The van der Waals surface area contributed by atoms with Gasteiger partial charge in [0.1, 0.15) is 0 Å². The maximum atomic E-state index is 12.1. The van der Waals surface area contributed by atoms with E-state index in [9.17, 15) is 13.2 Å². The van der Waals surface area contributed by atoms with Gasteiger partial charge in [0.25, 0.3) is 5.91 Å². The maximum Gasteiger partial charge on any atom is 0.250 e. The molecule has 0 spiro atoms. The molecule has 2 atom stereocenters. The monoisotopic (exact) mass is 352 g/mol. The van der Waals surface area contributed by atoms with Gasteiger partial charge in [-0.05, 0) is 18.6 Å². The fourth-order valence-corrected chi connectivity index (χ4v) is 6.82. The quantitative estimate of drug-likeness (QED) is 0.817. The number of rotatable bonds is 2. The number of fused-ring (bicyclic) bond motifs is 1. The molecule has 0 saturated carbocycles. The minimum atomic E-state index is -3.03. The van der Waals surface area contributed by atoms with Gasteiger partial charge in [0.2, 0.25) is 0 Å². The molecule has 0 unspecified atom stereocenters. The van der Waals surface area contributed by atoms with Gasteiger partial charge in [-0.2, -0.15) is 4.99 Å². The van der Waals surface area contributed by atoms with Gasteiger partial charge in [0.15, 0.2) is 15.0 Å². The first-order valence-electron chi connectivity index (χ1n) is 7.63. The average molecular weight is 352 g/mol. The number of amidine groups is 1. The molecule has 2 aliphatic rings. The third-order valence-corrected chi connectivity index (χ3v) is 7.35. The van der Waals surface area contributed by atoms with Crippen LogP contribution in [0.3, 0.4) is 0 Å². The molecule has 2 saturated heterocycles. The summed E-state index contributed by atoms with van der Waals surface area (Å²) < 4.78 is 24.0. The Bertz CT molecular complexity index is 771. The molecule has 2 aliphatic heterocycles. The van der Waals surface area contributed by atoms with E-state index in [2.05, 4.69) is 4.99 Å². The highest BCUT2D eigenvalue weighted by Gasteiger charge is 2.49. The van der Waals surface area contributed by atoms with Crippen LogP contribution >= 0.6 is 11.8 Å². The van der Waals surface area contributed by atoms with E-state index in [1.54, 1.807) is 0 Å². The molecule has 1 aromatic rings. The first-order chi connectivity index (χ1) is 10.8. The molecule has 3 rings (SSSR count). The van der Waals surface area contributed by atoms with Crippen molar-refractivity contribution in [3.8, 4) is 0 Å². The van der Waals surface area contributed by atoms with Crippen molar-refractivity contribution in [3.63, 3.8) is 0 Å². The summed E-state index contributed by atoms with van der Waals surface area (Å²) in [6.07, 6.45) is 0. The van der Waals surface area contributed by atoms with Crippen LogP contribution in [0.25, 0.3) is 0 Å². The van der Waals surface area contributed by atoms with Crippen molar-refractivity contribution in [2.75, 3.05) is 16.4 Å². The van der Waals surface area contributed by atoms with Crippen molar-refractivity contribution in [3.05, 3.63) is 29.8 Å². The molecule has 5 nitrogen and oxygen atoms in total. The van der Waals surface area contributed by atoms with Gasteiger partial charge in [-0.15, -0.1) is 0 Å². The van der Waals surface area contributed by atoms with Crippen LogP contribution in [0.4, 0.5) is 5.69 Å². The first-order valence-corrected chi connectivity index (χ1v) is 10.3. The van der Waals surface area contributed by atoms with Crippen LogP contribution < -0.4 is 4.90 Å². The van der Waals surface area contributed by atoms with Crippen molar-refractivity contribution in [1.29, 1.82) is 0 Å². The summed E-state index contributed by atoms with van der Waals surface area (Å²) in [6, 6.07) is 7.66. The van der Waals surface area contributed by atoms with Gasteiger partial charge in [-0.1, -0.05) is 43.8 Å². The average Bonchev–Trinajstić information content (AvgIpc) is 2.91. The Kier molecular flexibility index (Phi) is 4.27.